The molecule has 4 rings (SSSR count). The SMILES string of the molecule is C=CCC(CC)(C1=CC=CC1)C1c2cc(C(C)(C)C)ccc2-c2ccc(C(C)(C)C)cc21. The number of allylic oxidation sites excluding steroid dienone is 5. The summed E-state index contributed by atoms with van der Waals surface area (Å²) in [5.74, 6) is 0.353. The third kappa shape index (κ3) is 3.62. The van der Waals surface area contributed by atoms with Gasteiger partial charge in [-0.1, -0.05) is 115 Å². The molecule has 0 fully saturated rings. The quantitative estimate of drug-likeness (QED) is 0.419. The first-order valence-corrected chi connectivity index (χ1v) is 12.3. The third-order valence-electron chi connectivity index (χ3n) is 7.85. The van der Waals surface area contributed by atoms with Gasteiger partial charge in [-0.05, 0) is 63.5 Å². The van der Waals surface area contributed by atoms with E-state index >= 15 is 0 Å². The molecule has 0 aromatic heterocycles. The van der Waals surface area contributed by atoms with Crippen LogP contribution in [0.3, 0.4) is 0 Å². The Hall–Kier alpha value is -2.34. The molecular formula is C32H40. The van der Waals surface area contributed by atoms with Gasteiger partial charge in [-0.25, -0.2) is 0 Å². The molecule has 0 aliphatic heterocycles. The van der Waals surface area contributed by atoms with E-state index in [0.717, 1.165) is 19.3 Å². The number of benzene rings is 2. The van der Waals surface area contributed by atoms with Gasteiger partial charge in [-0.2, -0.15) is 0 Å². The van der Waals surface area contributed by atoms with Gasteiger partial charge in [0.25, 0.3) is 0 Å². The molecule has 2 aliphatic rings. The molecule has 2 aromatic rings. The average molecular weight is 425 g/mol. The highest BCUT2D eigenvalue weighted by atomic mass is 14.5. The van der Waals surface area contributed by atoms with Crippen molar-refractivity contribution in [1.82, 2.24) is 0 Å². The van der Waals surface area contributed by atoms with Crippen molar-refractivity contribution in [2.45, 2.75) is 84.5 Å². The lowest BCUT2D eigenvalue weighted by Crippen LogP contribution is -2.30. The summed E-state index contributed by atoms with van der Waals surface area (Å²) < 4.78 is 0. The molecule has 0 radical (unpaired) electrons. The van der Waals surface area contributed by atoms with Crippen LogP contribution in [0, 0.1) is 5.41 Å². The maximum atomic E-state index is 4.21. The molecule has 1 atom stereocenters. The van der Waals surface area contributed by atoms with E-state index in [1.165, 1.54) is 33.4 Å². The summed E-state index contributed by atoms with van der Waals surface area (Å²) in [6.07, 6.45) is 12.3. The lowest BCUT2D eigenvalue weighted by molar-refractivity contribution is 0.299. The van der Waals surface area contributed by atoms with Crippen LogP contribution in [0.1, 0.15) is 95.9 Å². The molecule has 0 heteroatoms. The first-order chi connectivity index (χ1) is 15.0. The van der Waals surface area contributed by atoms with E-state index in [1.807, 2.05) is 0 Å². The molecule has 0 saturated heterocycles. The molecule has 2 aliphatic carbocycles. The van der Waals surface area contributed by atoms with Gasteiger partial charge in [0.2, 0.25) is 0 Å². The molecular weight excluding hydrogens is 384 g/mol. The summed E-state index contributed by atoms with van der Waals surface area (Å²) in [4.78, 5) is 0. The predicted octanol–water partition coefficient (Wildman–Crippen LogP) is 9.25. The fourth-order valence-corrected chi connectivity index (χ4v) is 5.87. The minimum Gasteiger partial charge on any atom is -0.103 e. The lowest BCUT2D eigenvalue weighted by Gasteiger charge is -2.41. The molecule has 0 heterocycles. The normalized spacial score (nSPS) is 17.7. The minimum atomic E-state index is 0.0538. The van der Waals surface area contributed by atoms with E-state index in [9.17, 15) is 0 Å². The average Bonchev–Trinajstić information content (AvgIpc) is 3.37. The number of fused-ring (bicyclic) bond motifs is 3. The van der Waals surface area contributed by atoms with Crippen LogP contribution in [0.4, 0.5) is 0 Å². The van der Waals surface area contributed by atoms with Crippen molar-refractivity contribution in [1.29, 1.82) is 0 Å². The monoisotopic (exact) mass is 424 g/mol. The maximum absolute atomic E-state index is 4.21. The van der Waals surface area contributed by atoms with Gasteiger partial charge in [0.05, 0.1) is 0 Å². The molecule has 0 spiro atoms. The smallest absolute Gasteiger partial charge is 0.0199 e. The van der Waals surface area contributed by atoms with E-state index in [0.29, 0.717) is 5.92 Å². The van der Waals surface area contributed by atoms with Crippen molar-refractivity contribution in [3.8, 4) is 11.1 Å². The van der Waals surface area contributed by atoms with Gasteiger partial charge >= 0.3 is 0 Å². The largest absolute Gasteiger partial charge is 0.103 e. The van der Waals surface area contributed by atoms with Gasteiger partial charge in [-0.3, -0.25) is 0 Å². The Kier molecular flexibility index (Phi) is 5.64. The fourth-order valence-electron chi connectivity index (χ4n) is 5.87. The summed E-state index contributed by atoms with van der Waals surface area (Å²) >= 11 is 0. The van der Waals surface area contributed by atoms with Crippen molar-refractivity contribution in [2.24, 2.45) is 5.41 Å². The highest BCUT2D eigenvalue weighted by Gasteiger charge is 2.46. The summed E-state index contributed by atoms with van der Waals surface area (Å²) in [7, 11) is 0. The molecule has 168 valence electrons. The Bertz CT molecular complexity index is 1030. The second-order valence-electron chi connectivity index (χ2n) is 11.9. The maximum Gasteiger partial charge on any atom is 0.0199 e. The Balaban J connectivity index is 2.03. The molecule has 0 N–H and O–H groups in total. The van der Waals surface area contributed by atoms with Crippen LogP contribution in [0.5, 0.6) is 0 Å². The van der Waals surface area contributed by atoms with E-state index < -0.39 is 0 Å². The van der Waals surface area contributed by atoms with Crippen LogP contribution < -0.4 is 0 Å². The molecule has 1 unspecified atom stereocenters. The van der Waals surface area contributed by atoms with Crippen LogP contribution in [-0.4, -0.2) is 0 Å². The fraction of sp³-hybridized carbons (Fsp3) is 0.438. The molecule has 0 saturated carbocycles. The Morgan fingerprint density at radius 3 is 1.78 bits per heavy atom. The number of rotatable bonds is 5. The van der Waals surface area contributed by atoms with Crippen molar-refractivity contribution >= 4 is 0 Å². The van der Waals surface area contributed by atoms with E-state index in [1.54, 1.807) is 5.57 Å². The van der Waals surface area contributed by atoms with Gasteiger partial charge in [-0.15, -0.1) is 6.58 Å². The third-order valence-corrected chi connectivity index (χ3v) is 7.85. The summed E-state index contributed by atoms with van der Waals surface area (Å²) in [5, 5.41) is 0. The Labute approximate surface area is 196 Å². The van der Waals surface area contributed by atoms with E-state index in [-0.39, 0.29) is 16.2 Å². The molecule has 2 aromatic carbocycles. The standard InChI is InChI=1S/C32H40/c1-9-19-32(10-2,22-13-11-12-14-22)29-27-20-23(30(3,4)5)15-17-25(27)26-18-16-24(21-28(26)29)31(6,7)8/h9,11-13,15-18,20-21,29H,1,10,14,19H2,2-8H3. The molecule has 0 bridgehead atoms. The molecule has 0 nitrogen and oxygen atoms in total. The van der Waals surface area contributed by atoms with Crippen LogP contribution in [0.15, 0.2) is 72.9 Å². The zero-order chi connectivity index (χ0) is 23.3. The zero-order valence-corrected chi connectivity index (χ0v) is 21.2. The summed E-state index contributed by atoms with van der Waals surface area (Å²) in [6.45, 7) is 20.5. The highest BCUT2D eigenvalue weighted by molar-refractivity contribution is 5.81. The van der Waals surface area contributed by atoms with Gasteiger partial charge in [0.1, 0.15) is 0 Å². The zero-order valence-electron chi connectivity index (χ0n) is 21.2. The van der Waals surface area contributed by atoms with Crippen LogP contribution in [0.2, 0.25) is 0 Å². The van der Waals surface area contributed by atoms with E-state index in [2.05, 4.69) is 116 Å². The topological polar surface area (TPSA) is 0 Å². The van der Waals surface area contributed by atoms with E-state index in [4.69, 9.17) is 0 Å². The number of hydrogen-bond acceptors (Lipinski definition) is 0. The van der Waals surface area contributed by atoms with Gasteiger partial charge in [0.15, 0.2) is 0 Å². The van der Waals surface area contributed by atoms with Gasteiger partial charge < -0.3 is 0 Å². The van der Waals surface area contributed by atoms with Crippen molar-refractivity contribution in [3.63, 3.8) is 0 Å². The van der Waals surface area contributed by atoms with Gasteiger partial charge in [0, 0.05) is 11.3 Å². The van der Waals surface area contributed by atoms with Crippen LogP contribution >= 0.6 is 0 Å². The van der Waals surface area contributed by atoms with Crippen molar-refractivity contribution < 1.29 is 0 Å². The first kappa shape index (κ1) is 22.8. The summed E-state index contributed by atoms with van der Waals surface area (Å²) in [6, 6.07) is 14.5. The second kappa shape index (κ2) is 7.91. The van der Waals surface area contributed by atoms with Crippen molar-refractivity contribution in [2.75, 3.05) is 0 Å². The van der Waals surface area contributed by atoms with Crippen LogP contribution in [0.25, 0.3) is 11.1 Å². The predicted molar refractivity (Wildman–Crippen MR) is 140 cm³/mol. The molecule has 32 heavy (non-hydrogen) atoms. The Morgan fingerprint density at radius 2 is 1.41 bits per heavy atom. The highest BCUT2D eigenvalue weighted by Crippen LogP contribution is 2.60. The Morgan fingerprint density at radius 1 is 0.875 bits per heavy atom. The minimum absolute atomic E-state index is 0.0538. The second-order valence-corrected chi connectivity index (χ2v) is 11.9. The number of hydrogen-bond donors (Lipinski definition) is 0. The first-order valence-electron chi connectivity index (χ1n) is 12.3. The van der Waals surface area contributed by atoms with Crippen LogP contribution in [-0.2, 0) is 10.8 Å². The van der Waals surface area contributed by atoms with Crippen molar-refractivity contribution in [3.05, 3.63) is 95.1 Å². The summed E-state index contributed by atoms with van der Waals surface area (Å²) in [5.41, 5.74) is 10.6. The molecule has 0 amide bonds. The lowest BCUT2D eigenvalue weighted by atomic mass is 9.62.